The Morgan fingerprint density at radius 2 is 1.82 bits per heavy atom. The van der Waals surface area contributed by atoms with Gasteiger partial charge in [0.2, 0.25) is 7.37 Å². The van der Waals surface area contributed by atoms with Crippen LogP contribution in [0.3, 0.4) is 0 Å². The van der Waals surface area contributed by atoms with Crippen LogP contribution in [0.25, 0.3) is 0 Å². The summed E-state index contributed by atoms with van der Waals surface area (Å²) in [5, 5.41) is 0. The molecular weight excluding hydrogens is 161 g/mol. The van der Waals surface area contributed by atoms with E-state index in [1.807, 2.05) is 0 Å². The summed E-state index contributed by atoms with van der Waals surface area (Å²) in [5.41, 5.74) is 5.68. The summed E-state index contributed by atoms with van der Waals surface area (Å²) >= 11 is 0. The van der Waals surface area contributed by atoms with Gasteiger partial charge in [0, 0.05) is 18.4 Å². The van der Waals surface area contributed by atoms with Crippen molar-refractivity contribution in [3.63, 3.8) is 0 Å². The lowest BCUT2D eigenvalue weighted by Crippen LogP contribution is -2.28. The van der Waals surface area contributed by atoms with Crippen LogP contribution in [-0.4, -0.2) is 23.3 Å². The van der Waals surface area contributed by atoms with Crippen LogP contribution < -0.4 is 5.73 Å². The predicted octanol–water partition coefficient (Wildman–Crippen LogP) is 1.16. The maximum Gasteiger partial charge on any atom is 0.200 e. The first-order chi connectivity index (χ1) is 5.00. The summed E-state index contributed by atoms with van der Waals surface area (Å²) in [6.07, 6.45) is 3.46. The Balaban J connectivity index is 2.46. The molecule has 1 saturated carbocycles. The molecule has 0 radical (unpaired) electrons. The summed E-state index contributed by atoms with van der Waals surface area (Å²) in [6.45, 7) is 1.45. The Labute approximate surface area is 67.4 Å². The topological polar surface area (TPSA) is 63.3 Å². The van der Waals surface area contributed by atoms with Gasteiger partial charge < -0.3 is 10.6 Å². The Hall–Kier alpha value is 0.150. The van der Waals surface area contributed by atoms with Crippen molar-refractivity contribution >= 4 is 7.37 Å². The molecule has 0 aliphatic heterocycles. The largest absolute Gasteiger partial charge is 0.344 e. The van der Waals surface area contributed by atoms with E-state index in [4.69, 9.17) is 5.73 Å². The highest BCUT2D eigenvalue weighted by molar-refractivity contribution is 7.57. The van der Waals surface area contributed by atoms with E-state index in [-0.39, 0.29) is 11.7 Å². The first kappa shape index (κ1) is 9.24. The molecule has 0 heterocycles. The second-order valence-electron chi connectivity index (χ2n) is 3.51. The van der Waals surface area contributed by atoms with Crippen LogP contribution >= 0.6 is 7.37 Å². The van der Waals surface area contributed by atoms with Crippen molar-refractivity contribution in [1.29, 1.82) is 0 Å². The lowest BCUT2D eigenvalue weighted by atomic mass is 9.96. The molecule has 1 rings (SSSR count). The van der Waals surface area contributed by atoms with Crippen LogP contribution in [-0.2, 0) is 4.57 Å². The van der Waals surface area contributed by atoms with Crippen molar-refractivity contribution in [2.45, 2.75) is 37.4 Å². The molecule has 1 aliphatic rings. The summed E-state index contributed by atoms with van der Waals surface area (Å²) in [6, 6.07) is 0.262. The highest BCUT2D eigenvalue weighted by Gasteiger charge is 2.29. The van der Waals surface area contributed by atoms with Gasteiger partial charge in [-0.25, -0.2) is 0 Å². The molecule has 11 heavy (non-hydrogen) atoms. The normalized spacial score (nSPS) is 38.1. The lowest BCUT2D eigenvalue weighted by Gasteiger charge is -2.27. The highest BCUT2D eigenvalue weighted by atomic mass is 31.2. The van der Waals surface area contributed by atoms with E-state index in [9.17, 15) is 9.46 Å². The zero-order chi connectivity index (χ0) is 8.48. The zero-order valence-electron chi connectivity index (χ0n) is 6.86. The van der Waals surface area contributed by atoms with Gasteiger partial charge in [-0.1, -0.05) is 0 Å². The molecule has 0 aromatic carbocycles. The fraction of sp³-hybridized carbons (Fsp3) is 1.00. The number of hydrogen-bond donors (Lipinski definition) is 2. The molecule has 4 heteroatoms. The van der Waals surface area contributed by atoms with E-state index in [0.717, 1.165) is 25.7 Å². The van der Waals surface area contributed by atoms with Crippen molar-refractivity contribution in [3.05, 3.63) is 0 Å². The first-order valence-corrected chi connectivity index (χ1v) is 6.23. The quantitative estimate of drug-likeness (QED) is 0.590. The third kappa shape index (κ3) is 2.58. The van der Waals surface area contributed by atoms with Gasteiger partial charge in [-0.05, 0) is 25.7 Å². The van der Waals surface area contributed by atoms with Crippen LogP contribution in [0, 0.1) is 0 Å². The Morgan fingerprint density at radius 1 is 1.36 bits per heavy atom. The van der Waals surface area contributed by atoms with Gasteiger partial charge in [-0.2, -0.15) is 0 Å². The van der Waals surface area contributed by atoms with Crippen LogP contribution in [0.1, 0.15) is 25.7 Å². The Bertz CT molecular complexity index is 169. The van der Waals surface area contributed by atoms with Crippen molar-refractivity contribution < 1.29 is 9.46 Å². The number of rotatable bonds is 1. The minimum absolute atomic E-state index is 0.0160. The summed E-state index contributed by atoms with van der Waals surface area (Å²) in [5.74, 6) is 0. The van der Waals surface area contributed by atoms with E-state index >= 15 is 0 Å². The van der Waals surface area contributed by atoms with Crippen LogP contribution in [0.5, 0.6) is 0 Å². The van der Waals surface area contributed by atoms with Crippen molar-refractivity contribution in [2.24, 2.45) is 5.73 Å². The molecule has 0 amide bonds. The monoisotopic (exact) mass is 177 g/mol. The Morgan fingerprint density at radius 3 is 2.18 bits per heavy atom. The SMILES string of the molecule is CP(=O)(O)C1CCC(N)CC1. The first-order valence-electron chi connectivity index (χ1n) is 4.05. The van der Waals surface area contributed by atoms with Gasteiger partial charge in [0.05, 0.1) is 0 Å². The van der Waals surface area contributed by atoms with Gasteiger partial charge in [-0.15, -0.1) is 0 Å². The molecular formula is C7H16NO2P. The molecule has 3 nitrogen and oxygen atoms in total. The molecule has 1 aliphatic carbocycles. The molecule has 0 spiro atoms. The van der Waals surface area contributed by atoms with Gasteiger partial charge >= 0.3 is 0 Å². The predicted molar refractivity (Wildman–Crippen MR) is 46.0 cm³/mol. The summed E-state index contributed by atoms with van der Waals surface area (Å²) < 4.78 is 11.2. The molecule has 0 aromatic heterocycles. The average molecular weight is 177 g/mol. The maximum atomic E-state index is 11.2. The van der Waals surface area contributed by atoms with Crippen molar-refractivity contribution in [1.82, 2.24) is 0 Å². The molecule has 3 N–H and O–H groups in total. The van der Waals surface area contributed by atoms with Crippen molar-refractivity contribution in [3.8, 4) is 0 Å². The molecule has 1 atom stereocenters. The summed E-state index contributed by atoms with van der Waals surface area (Å²) in [4.78, 5) is 9.24. The number of nitrogens with two attached hydrogens (primary N) is 1. The lowest BCUT2D eigenvalue weighted by molar-refractivity contribution is 0.401. The smallest absolute Gasteiger partial charge is 0.200 e. The standard InChI is InChI=1S/C7H16NO2P/c1-11(9,10)7-4-2-6(8)3-5-7/h6-7H,2-5,8H2,1H3,(H,9,10). The molecule has 1 fully saturated rings. The fourth-order valence-electron chi connectivity index (χ4n) is 1.58. The third-order valence-electron chi connectivity index (χ3n) is 2.42. The van der Waals surface area contributed by atoms with E-state index in [1.54, 1.807) is 0 Å². The van der Waals surface area contributed by atoms with Gasteiger partial charge in [0.25, 0.3) is 0 Å². The molecule has 66 valence electrons. The van der Waals surface area contributed by atoms with Crippen LogP contribution in [0.15, 0.2) is 0 Å². The van der Waals surface area contributed by atoms with E-state index in [1.165, 1.54) is 6.66 Å². The second kappa shape index (κ2) is 3.26. The third-order valence-corrected chi connectivity index (χ3v) is 4.29. The summed E-state index contributed by atoms with van der Waals surface area (Å²) in [7, 11) is -2.82. The second-order valence-corrected chi connectivity index (χ2v) is 6.13. The van der Waals surface area contributed by atoms with Crippen LogP contribution in [0.2, 0.25) is 0 Å². The van der Waals surface area contributed by atoms with Gasteiger partial charge in [0.1, 0.15) is 0 Å². The fourth-order valence-corrected chi connectivity index (χ4v) is 2.84. The minimum atomic E-state index is -2.82. The van der Waals surface area contributed by atoms with E-state index in [0.29, 0.717) is 0 Å². The van der Waals surface area contributed by atoms with Crippen molar-refractivity contribution in [2.75, 3.05) is 6.66 Å². The van der Waals surface area contributed by atoms with Crippen LogP contribution in [0.4, 0.5) is 0 Å². The van der Waals surface area contributed by atoms with E-state index in [2.05, 4.69) is 0 Å². The minimum Gasteiger partial charge on any atom is -0.344 e. The maximum absolute atomic E-state index is 11.2. The molecule has 0 saturated heterocycles. The van der Waals surface area contributed by atoms with Gasteiger partial charge in [0.15, 0.2) is 0 Å². The Kier molecular flexibility index (Phi) is 2.74. The average Bonchev–Trinajstić information content (AvgIpc) is 1.86. The van der Waals surface area contributed by atoms with E-state index < -0.39 is 7.37 Å². The number of hydrogen-bond acceptors (Lipinski definition) is 2. The zero-order valence-corrected chi connectivity index (χ0v) is 7.76. The van der Waals surface area contributed by atoms with Gasteiger partial charge in [-0.3, -0.25) is 4.57 Å². The molecule has 0 aromatic rings. The molecule has 1 unspecified atom stereocenters. The molecule has 0 bridgehead atoms. The highest BCUT2D eigenvalue weighted by Crippen LogP contribution is 2.48.